The second-order valence-corrected chi connectivity index (χ2v) is 11.1. The lowest BCUT2D eigenvalue weighted by molar-refractivity contribution is -0.0678. The topological polar surface area (TPSA) is 61.9 Å². The lowest BCUT2D eigenvalue weighted by Gasteiger charge is -2.39. The van der Waals surface area contributed by atoms with Gasteiger partial charge in [-0.1, -0.05) is 50.6 Å². The normalized spacial score (nSPS) is 25.4. The molecule has 1 N–H and O–H groups in total. The van der Waals surface area contributed by atoms with Crippen molar-refractivity contribution in [3.8, 4) is 0 Å². The smallest absolute Gasteiger partial charge is 0.243 e. The van der Waals surface area contributed by atoms with Gasteiger partial charge in [0, 0.05) is 31.2 Å². The number of sulfonamides is 1. The molecule has 6 nitrogen and oxygen atoms in total. The van der Waals surface area contributed by atoms with Crippen LogP contribution in [0, 0.1) is 0 Å². The third-order valence-corrected chi connectivity index (χ3v) is 9.02. The zero-order valence-electron chi connectivity index (χ0n) is 18.3. The summed E-state index contributed by atoms with van der Waals surface area (Å²) in [6, 6.07) is 15.5. The van der Waals surface area contributed by atoms with E-state index < -0.39 is 15.7 Å². The second-order valence-electron chi connectivity index (χ2n) is 9.15. The van der Waals surface area contributed by atoms with Crippen LogP contribution in [0.4, 0.5) is 5.69 Å². The van der Waals surface area contributed by atoms with E-state index in [0.29, 0.717) is 18.0 Å². The van der Waals surface area contributed by atoms with Crippen molar-refractivity contribution in [1.29, 1.82) is 0 Å². The predicted octanol–water partition coefficient (Wildman–Crippen LogP) is 3.86. The molecule has 1 atom stereocenters. The molecule has 0 bridgehead atoms. The van der Waals surface area contributed by atoms with Crippen LogP contribution in [0.2, 0.25) is 0 Å². The van der Waals surface area contributed by atoms with Gasteiger partial charge in [0.2, 0.25) is 10.0 Å². The molecule has 3 aliphatic rings. The summed E-state index contributed by atoms with van der Waals surface area (Å²) in [5.74, 6) is 0. The van der Waals surface area contributed by atoms with Crippen molar-refractivity contribution in [1.82, 2.24) is 9.79 Å². The van der Waals surface area contributed by atoms with Crippen molar-refractivity contribution in [3.63, 3.8) is 0 Å². The Morgan fingerprint density at radius 3 is 2.32 bits per heavy atom. The Hall–Kier alpha value is -2.35. The van der Waals surface area contributed by atoms with Crippen molar-refractivity contribution < 1.29 is 13.3 Å². The maximum Gasteiger partial charge on any atom is 0.243 e. The largest absolute Gasteiger partial charge is 0.340 e. The summed E-state index contributed by atoms with van der Waals surface area (Å²) >= 11 is 0. The summed E-state index contributed by atoms with van der Waals surface area (Å²) in [7, 11) is -1.39. The number of piperidine rings is 1. The molecule has 2 aromatic carbocycles. The molecule has 2 aromatic rings. The molecule has 1 spiro atoms. The molecular formula is C24H29N3O3S. The molecule has 3 heterocycles. The highest BCUT2D eigenvalue weighted by Gasteiger charge is 2.58. The molecule has 0 aromatic heterocycles. The average Bonchev–Trinajstić information content (AvgIpc) is 3.32. The Morgan fingerprint density at radius 2 is 1.65 bits per heavy atom. The van der Waals surface area contributed by atoms with E-state index in [1.807, 2.05) is 25.2 Å². The molecule has 3 aliphatic heterocycles. The highest BCUT2D eigenvalue weighted by molar-refractivity contribution is 7.89. The zero-order chi connectivity index (χ0) is 21.9. The van der Waals surface area contributed by atoms with Crippen LogP contribution in [0.25, 0.3) is 5.70 Å². The highest BCUT2D eigenvalue weighted by Crippen LogP contribution is 2.54. The monoisotopic (exact) mass is 439 g/mol. The number of rotatable bonds is 3. The molecule has 0 aliphatic carbocycles. The Balaban J connectivity index is 1.46. The van der Waals surface area contributed by atoms with Crippen LogP contribution in [0.3, 0.4) is 0 Å². The van der Waals surface area contributed by atoms with Gasteiger partial charge in [-0.2, -0.15) is 4.31 Å². The molecule has 0 amide bonds. The van der Waals surface area contributed by atoms with E-state index in [1.165, 1.54) is 5.56 Å². The van der Waals surface area contributed by atoms with Gasteiger partial charge in [0.1, 0.15) is 0 Å². The van der Waals surface area contributed by atoms with Crippen LogP contribution < -0.4 is 10.4 Å². The van der Waals surface area contributed by atoms with Crippen LogP contribution >= 0.6 is 0 Å². The fraction of sp³-hybridized carbons (Fsp3) is 0.417. The Labute approximate surface area is 184 Å². The number of nitrogens with zero attached hydrogens (tertiary/aromatic N) is 2. The lowest BCUT2D eigenvalue weighted by atomic mass is 9.77. The SMILES string of the molecule is CN1c2ccccc2C(C)(C)[C@@]12C=C(c1ccc(S(=O)(=O)N3CCCCC3)cc1)NO2. The number of fused-ring (bicyclic) bond motifs is 1. The fourth-order valence-electron chi connectivity index (χ4n) is 5.15. The second kappa shape index (κ2) is 7.08. The molecule has 31 heavy (non-hydrogen) atoms. The first kappa shape index (κ1) is 20.5. The van der Waals surface area contributed by atoms with E-state index in [0.717, 1.165) is 36.2 Å². The van der Waals surface area contributed by atoms with Crippen molar-refractivity contribution in [2.24, 2.45) is 0 Å². The average molecular weight is 440 g/mol. The van der Waals surface area contributed by atoms with E-state index in [1.54, 1.807) is 16.4 Å². The molecular weight excluding hydrogens is 410 g/mol. The maximum absolute atomic E-state index is 12.9. The van der Waals surface area contributed by atoms with Crippen LogP contribution in [0.15, 0.2) is 59.5 Å². The quantitative estimate of drug-likeness (QED) is 0.787. The zero-order valence-corrected chi connectivity index (χ0v) is 19.1. The van der Waals surface area contributed by atoms with Gasteiger partial charge in [0.25, 0.3) is 0 Å². The van der Waals surface area contributed by atoms with Gasteiger partial charge < -0.3 is 4.90 Å². The maximum atomic E-state index is 12.9. The van der Waals surface area contributed by atoms with E-state index in [-0.39, 0.29) is 5.41 Å². The van der Waals surface area contributed by atoms with Gasteiger partial charge in [-0.15, -0.1) is 0 Å². The summed E-state index contributed by atoms with van der Waals surface area (Å²) < 4.78 is 27.5. The Morgan fingerprint density at radius 1 is 0.968 bits per heavy atom. The highest BCUT2D eigenvalue weighted by atomic mass is 32.2. The Kier molecular flexibility index (Phi) is 4.70. The van der Waals surface area contributed by atoms with E-state index >= 15 is 0 Å². The van der Waals surface area contributed by atoms with Crippen molar-refractivity contribution in [2.45, 2.75) is 49.1 Å². The summed E-state index contributed by atoms with van der Waals surface area (Å²) in [6.45, 7) is 5.58. The standard InChI is InChI=1S/C24H29N3O3S/c1-23(2)20-9-5-6-10-22(20)26(3)24(23)17-21(25-30-24)18-11-13-19(14-12-18)31(28,29)27-15-7-4-8-16-27/h5-6,9-14,17,25H,4,7-8,15-16H2,1-3H3/t24-/m0/s1. The first-order valence-electron chi connectivity index (χ1n) is 10.9. The van der Waals surface area contributed by atoms with E-state index in [9.17, 15) is 8.42 Å². The van der Waals surface area contributed by atoms with Crippen LogP contribution in [-0.4, -0.2) is 38.6 Å². The lowest BCUT2D eigenvalue weighted by Crippen LogP contribution is -2.54. The van der Waals surface area contributed by atoms with E-state index in [2.05, 4.69) is 48.5 Å². The molecule has 0 saturated carbocycles. The minimum atomic E-state index is -3.43. The first-order valence-corrected chi connectivity index (χ1v) is 12.3. The minimum absolute atomic E-state index is 0.273. The molecule has 1 saturated heterocycles. The number of anilines is 1. The molecule has 5 rings (SSSR count). The Bertz CT molecular complexity index is 1130. The predicted molar refractivity (Wildman–Crippen MR) is 122 cm³/mol. The number of para-hydroxylation sites is 1. The molecule has 164 valence electrons. The van der Waals surface area contributed by atoms with Crippen molar-refractivity contribution >= 4 is 21.4 Å². The first-order chi connectivity index (χ1) is 14.8. The summed E-state index contributed by atoms with van der Waals surface area (Å²) in [6.07, 6.45) is 5.07. The number of benzene rings is 2. The minimum Gasteiger partial charge on any atom is -0.340 e. The third-order valence-electron chi connectivity index (χ3n) is 7.11. The summed E-state index contributed by atoms with van der Waals surface area (Å²) in [5.41, 5.74) is 6.30. The summed E-state index contributed by atoms with van der Waals surface area (Å²) in [4.78, 5) is 8.74. The number of nitrogens with one attached hydrogen (secondary N) is 1. The van der Waals surface area contributed by atoms with Gasteiger partial charge in [-0.25, -0.2) is 13.3 Å². The number of hydrogen-bond acceptors (Lipinski definition) is 5. The van der Waals surface area contributed by atoms with Gasteiger partial charge in [0.05, 0.1) is 10.6 Å². The van der Waals surface area contributed by atoms with Gasteiger partial charge in [0.15, 0.2) is 5.72 Å². The van der Waals surface area contributed by atoms with Gasteiger partial charge in [-0.3, -0.25) is 5.48 Å². The number of hydrogen-bond donors (Lipinski definition) is 1. The van der Waals surface area contributed by atoms with Crippen LogP contribution in [-0.2, 0) is 20.3 Å². The fourth-order valence-corrected chi connectivity index (χ4v) is 6.67. The molecule has 0 unspecified atom stereocenters. The van der Waals surface area contributed by atoms with Crippen LogP contribution in [0.1, 0.15) is 44.2 Å². The van der Waals surface area contributed by atoms with Crippen LogP contribution in [0.5, 0.6) is 0 Å². The van der Waals surface area contributed by atoms with E-state index in [4.69, 9.17) is 4.84 Å². The van der Waals surface area contributed by atoms with Gasteiger partial charge >= 0.3 is 0 Å². The number of hydroxylamine groups is 1. The molecule has 0 radical (unpaired) electrons. The van der Waals surface area contributed by atoms with Crippen molar-refractivity contribution in [2.75, 3.05) is 25.0 Å². The molecule has 7 heteroatoms. The third kappa shape index (κ3) is 2.94. The van der Waals surface area contributed by atoms with Gasteiger partial charge in [-0.05, 0) is 48.2 Å². The molecule has 1 fully saturated rings. The summed E-state index contributed by atoms with van der Waals surface area (Å²) in [5, 5.41) is 0. The van der Waals surface area contributed by atoms with Crippen molar-refractivity contribution in [3.05, 3.63) is 65.7 Å². The number of likely N-dealkylation sites (N-methyl/N-ethyl adjacent to an activating group) is 1.